The number of carbonyl (C=O) groups excluding carboxylic acids is 1. The zero-order valence-electron chi connectivity index (χ0n) is 12.9. The number of aliphatic imine (C=N–C) groups is 1. The molecule has 5 nitrogen and oxygen atoms in total. The summed E-state index contributed by atoms with van der Waals surface area (Å²) in [5.74, 6) is 1.11. The predicted molar refractivity (Wildman–Crippen MR) is 90.2 cm³/mol. The molecule has 6 heteroatoms. The number of guanidine groups is 1. The van der Waals surface area contributed by atoms with Gasteiger partial charge in [0, 0.05) is 30.2 Å². The molecule has 0 saturated carbocycles. The van der Waals surface area contributed by atoms with E-state index >= 15 is 0 Å². The summed E-state index contributed by atoms with van der Waals surface area (Å²) in [7, 11) is 0. The molecule has 1 aliphatic rings. The Bertz CT molecular complexity index is 529. The van der Waals surface area contributed by atoms with Crippen LogP contribution in [0.25, 0.3) is 0 Å². The number of nitrogens with one attached hydrogen (secondary N) is 1. The molecule has 120 valence electrons. The van der Waals surface area contributed by atoms with E-state index in [1.54, 1.807) is 24.3 Å². The molecule has 1 amide bonds. The molecule has 0 aliphatic carbocycles. The number of nitrogens with zero attached hydrogens (tertiary/aromatic N) is 2. The van der Waals surface area contributed by atoms with Gasteiger partial charge in [0.15, 0.2) is 5.96 Å². The third kappa shape index (κ3) is 4.91. The van der Waals surface area contributed by atoms with E-state index < -0.39 is 0 Å². The van der Waals surface area contributed by atoms with E-state index in [1.807, 2.05) is 0 Å². The average molecular weight is 323 g/mol. The van der Waals surface area contributed by atoms with E-state index in [2.05, 4.69) is 22.1 Å². The van der Waals surface area contributed by atoms with Crippen molar-refractivity contribution >= 4 is 23.5 Å². The van der Waals surface area contributed by atoms with Crippen LogP contribution in [0.1, 0.15) is 30.1 Å². The molecular weight excluding hydrogens is 300 g/mol. The third-order valence-corrected chi connectivity index (χ3v) is 4.01. The molecule has 22 heavy (non-hydrogen) atoms. The smallest absolute Gasteiger partial charge is 0.251 e. The quantitative estimate of drug-likeness (QED) is 0.507. The van der Waals surface area contributed by atoms with E-state index in [1.165, 1.54) is 6.42 Å². The van der Waals surface area contributed by atoms with Crippen molar-refractivity contribution < 1.29 is 4.79 Å². The summed E-state index contributed by atoms with van der Waals surface area (Å²) >= 11 is 5.79. The molecule has 1 heterocycles. The summed E-state index contributed by atoms with van der Waals surface area (Å²) in [5, 5.41) is 3.44. The molecule has 1 atom stereocenters. The maximum atomic E-state index is 11.9. The van der Waals surface area contributed by atoms with Crippen LogP contribution in [0.5, 0.6) is 0 Å². The van der Waals surface area contributed by atoms with Gasteiger partial charge in [0.05, 0.1) is 6.54 Å². The van der Waals surface area contributed by atoms with Gasteiger partial charge in [-0.25, -0.2) is 0 Å². The summed E-state index contributed by atoms with van der Waals surface area (Å²) < 4.78 is 0. The van der Waals surface area contributed by atoms with Gasteiger partial charge in [-0.15, -0.1) is 0 Å². The lowest BCUT2D eigenvalue weighted by atomic mass is 10.0. The molecule has 3 N–H and O–H groups in total. The number of rotatable bonds is 4. The van der Waals surface area contributed by atoms with Crippen LogP contribution in [0.2, 0.25) is 5.02 Å². The normalized spacial score (nSPS) is 19.1. The van der Waals surface area contributed by atoms with E-state index in [9.17, 15) is 4.79 Å². The number of piperidine rings is 1. The fourth-order valence-corrected chi connectivity index (χ4v) is 2.67. The van der Waals surface area contributed by atoms with E-state index in [-0.39, 0.29) is 5.91 Å². The second kappa shape index (κ2) is 8.03. The van der Waals surface area contributed by atoms with Crippen LogP contribution in [0.3, 0.4) is 0 Å². The van der Waals surface area contributed by atoms with E-state index in [0.717, 1.165) is 19.5 Å². The molecule has 0 spiro atoms. The first kappa shape index (κ1) is 16.6. The summed E-state index contributed by atoms with van der Waals surface area (Å²) in [5.41, 5.74) is 6.59. The Balaban J connectivity index is 1.74. The van der Waals surface area contributed by atoms with Crippen LogP contribution in [0, 0.1) is 5.92 Å². The topological polar surface area (TPSA) is 70.7 Å². The molecule has 0 bridgehead atoms. The first-order chi connectivity index (χ1) is 10.6. The van der Waals surface area contributed by atoms with Gasteiger partial charge >= 0.3 is 0 Å². The molecule has 0 radical (unpaired) electrons. The van der Waals surface area contributed by atoms with Crippen LogP contribution in [-0.2, 0) is 0 Å². The molecule has 1 fully saturated rings. The average Bonchev–Trinajstić information content (AvgIpc) is 2.51. The van der Waals surface area contributed by atoms with Crippen LogP contribution < -0.4 is 11.1 Å². The fourth-order valence-electron chi connectivity index (χ4n) is 2.54. The molecule has 1 aliphatic heterocycles. The Morgan fingerprint density at radius 2 is 2.18 bits per heavy atom. The number of amides is 1. The number of hydrogen-bond acceptors (Lipinski definition) is 2. The van der Waals surface area contributed by atoms with Crippen molar-refractivity contribution in [3.63, 3.8) is 0 Å². The monoisotopic (exact) mass is 322 g/mol. The number of carbonyl (C=O) groups is 1. The predicted octanol–water partition coefficient (Wildman–Crippen LogP) is 2.12. The minimum Gasteiger partial charge on any atom is -0.370 e. The van der Waals surface area contributed by atoms with Crippen molar-refractivity contribution in [1.82, 2.24) is 10.2 Å². The minimum atomic E-state index is -0.128. The van der Waals surface area contributed by atoms with Gasteiger partial charge < -0.3 is 16.0 Å². The second-order valence-corrected chi connectivity index (χ2v) is 6.13. The minimum absolute atomic E-state index is 0.128. The van der Waals surface area contributed by atoms with Crippen molar-refractivity contribution in [3.8, 4) is 0 Å². The zero-order chi connectivity index (χ0) is 15.9. The molecule has 0 aromatic heterocycles. The molecule has 1 unspecified atom stereocenters. The molecule has 1 saturated heterocycles. The van der Waals surface area contributed by atoms with Gasteiger partial charge in [-0.1, -0.05) is 18.5 Å². The van der Waals surface area contributed by atoms with E-state index in [0.29, 0.717) is 35.6 Å². The number of likely N-dealkylation sites (tertiary alicyclic amines) is 1. The summed E-state index contributed by atoms with van der Waals surface area (Å²) in [6, 6.07) is 6.79. The second-order valence-electron chi connectivity index (χ2n) is 5.70. The van der Waals surface area contributed by atoms with Crippen LogP contribution in [0.4, 0.5) is 0 Å². The van der Waals surface area contributed by atoms with Crippen molar-refractivity contribution in [1.29, 1.82) is 0 Å². The number of halogens is 1. The van der Waals surface area contributed by atoms with Gasteiger partial charge in [0.25, 0.3) is 5.91 Å². The van der Waals surface area contributed by atoms with Gasteiger partial charge in [0.2, 0.25) is 0 Å². The first-order valence-corrected chi connectivity index (χ1v) is 8.02. The lowest BCUT2D eigenvalue weighted by Gasteiger charge is -2.31. The Hall–Kier alpha value is -1.75. The SMILES string of the molecule is CC1CCCN(C(N)=NCCNC(=O)c2ccc(Cl)cc2)C1. The van der Waals surface area contributed by atoms with Crippen LogP contribution in [-0.4, -0.2) is 42.9 Å². The first-order valence-electron chi connectivity index (χ1n) is 7.65. The summed E-state index contributed by atoms with van der Waals surface area (Å²) in [6.07, 6.45) is 2.41. The third-order valence-electron chi connectivity index (χ3n) is 3.76. The largest absolute Gasteiger partial charge is 0.370 e. The highest BCUT2D eigenvalue weighted by atomic mass is 35.5. The van der Waals surface area contributed by atoms with E-state index in [4.69, 9.17) is 17.3 Å². The maximum absolute atomic E-state index is 11.9. The van der Waals surface area contributed by atoms with Crippen molar-refractivity contribution in [3.05, 3.63) is 34.9 Å². The van der Waals surface area contributed by atoms with Gasteiger partial charge in [-0.05, 0) is 43.0 Å². The molecule has 1 aromatic rings. The lowest BCUT2D eigenvalue weighted by Crippen LogP contribution is -2.43. The van der Waals surface area contributed by atoms with Crippen LogP contribution >= 0.6 is 11.6 Å². The standard InChI is InChI=1S/C16H23ClN4O/c1-12-3-2-10-21(11-12)16(18)20-9-8-19-15(22)13-4-6-14(17)7-5-13/h4-7,12H,2-3,8-11H2,1H3,(H2,18,20)(H,19,22). The number of hydrogen-bond donors (Lipinski definition) is 2. The fraction of sp³-hybridized carbons (Fsp3) is 0.500. The Labute approximate surface area is 136 Å². The molecule has 1 aromatic carbocycles. The Morgan fingerprint density at radius 1 is 1.45 bits per heavy atom. The Morgan fingerprint density at radius 3 is 2.86 bits per heavy atom. The Kier molecular flexibility index (Phi) is 6.07. The van der Waals surface area contributed by atoms with Crippen molar-refractivity contribution in [2.45, 2.75) is 19.8 Å². The molecular formula is C16H23ClN4O. The molecule has 2 rings (SSSR count). The lowest BCUT2D eigenvalue weighted by molar-refractivity contribution is 0.0955. The summed E-state index contributed by atoms with van der Waals surface area (Å²) in [4.78, 5) is 18.4. The van der Waals surface area contributed by atoms with Crippen LogP contribution in [0.15, 0.2) is 29.3 Å². The summed E-state index contributed by atoms with van der Waals surface area (Å²) in [6.45, 7) is 5.11. The van der Waals surface area contributed by atoms with Crippen molar-refractivity contribution in [2.24, 2.45) is 16.6 Å². The highest BCUT2D eigenvalue weighted by molar-refractivity contribution is 6.30. The van der Waals surface area contributed by atoms with Crippen molar-refractivity contribution in [2.75, 3.05) is 26.2 Å². The van der Waals surface area contributed by atoms with Gasteiger partial charge in [-0.3, -0.25) is 9.79 Å². The number of benzene rings is 1. The highest BCUT2D eigenvalue weighted by Crippen LogP contribution is 2.14. The van der Waals surface area contributed by atoms with Gasteiger partial charge in [-0.2, -0.15) is 0 Å². The zero-order valence-corrected chi connectivity index (χ0v) is 13.6. The highest BCUT2D eigenvalue weighted by Gasteiger charge is 2.17. The van der Waals surface area contributed by atoms with Gasteiger partial charge in [0.1, 0.15) is 0 Å². The maximum Gasteiger partial charge on any atom is 0.251 e. The number of nitrogens with two attached hydrogens (primary N) is 1.